The van der Waals surface area contributed by atoms with Gasteiger partial charge in [-0.05, 0) is 30.0 Å². The Balaban J connectivity index is 1.46. The normalized spacial score (nSPS) is 25.0. The van der Waals surface area contributed by atoms with Crippen LogP contribution in [0.4, 0.5) is 0 Å². The van der Waals surface area contributed by atoms with Crippen LogP contribution in [0.2, 0.25) is 0 Å². The van der Waals surface area contributed by atoms with Crippen LogP contribution in [0.1, 0.15) is 36.5 Å². The molecule has 35 heavy (non-hydrogen) atoms. The summed E-state index contributed by atoms with van der Waals surface area (Å²) in [6, 6.07) is 33.1. The Hall–Kier alpha value is -2.99. The first kappa shape index (κ1) is 23.7. The van der Waals surface area contributed by atoms with Crippen molar-refractivity contribution in [1.29, 1.82) is 0 Å². The topological polar surface area (TPSA) is 36.0 Å². The smallest absolute Gasteiger partial charge is 0.307 e. The molecule has 2 heterocycles. The van der Waals surface area contributed by atoms with E-state index in [1.807, 2.05) is 0 Å². The van der Waals surface area contributed by atoms with Crippen molar-refractivity contribution in [3.05, 3.63) is 108 Å². The first-order chi connectivity index (χ1) is 17.1. The van der Waals surface area contributed by atoms with E-state index in [9.17, 15) is 4.79 Å². The lowest BCUT2D eigenvalue weighted by Crippen LogP contribution is -2.79. The van der Waals surface area contributed by atoms with E-state index in [0.717, 1.165) is 26.1 Å². The number of ether oxygens (including phenoxy) is 1. The number of nitrogens with zero attached hydrogens (tertiary/aromatic N) is 3. The number of esters is 1. The summed E-state index contributed by atoms with van der Waals surface area (Å²) >= 11 is 0. The van der Waals surface area contributed by atoms with Crippen LogP contribution in [0.5, 0.6) is 0 Å². The van der Waals surface area contributed by atoms with Crippen LogP contribution in [-0.4, -0.2) is 52.2 Å². The zero-order valence-electron chi connectivity index (χ0n) is 20.7. The van der Waals surface area contributed by atoms with Gasteiger partial charge in [-0.3, -0.25) is 9.69 Å². The van der Waals surface area contributed by atoms with E-state index in [1.165, 1.54) is 23.8 Å². The SMILES string of the molecule is COC(=O)C[C@@H]1[C@@H]2[C@H](C[C@H](C)N1Cc1ccccc1)N(Cc1ccccc1)N2Cc1ccccc1. The van der Waals surface area contributed by atoms with Gasteiger partial charge in [0, 0.05) is 37.8 Å². The molecule has 0 amide bonds. The van der Waals surface area contributed by atoms with Crippen LogP contribution in [0.15, 0.2) is 91.0 Å². The number of benzene rings is 3. The van der Waals surface area contributed by atoms with Crippen LogP contribution >= 0.6 is 0 Å². The van der Waals surface area contributed by atoms with Crippen molar-refractivity contribution in [3.8, 4) is 0 Å². The molecule has 3 aromatic carbocycles. The Morgan fingerprint density at radius 1 is 0.771 bits per heavy atom. The zero-order valence-corrected chi connectivity index (χ0v) is 20.7. The van der Waals surface area contributed by atoms with Crippen LogP contribution in [0, 0.1) is 0 Å². The fourth-order valence-corrected chi connectivity index (χ4v) is 5.90. The number of likely N-dealkylation sites (tertiary alicyclic amines) is 1. The molecular weight excluding hydrogens is 434 g/mol. The molecular formula is C30H35N3O2. The lowest BCUT2D eigenvalue weighted by Gasteiger charge is -2.65. The van der Waals surface area contributed by atoms with Gasteiger partial charge >= 0.3 is 5.97 Å². The number of piperidine rings is 1. The summed E-state index contributed by atoms with van der Waals surface area (Å²) in [4.78, 5) is 15.2. The lowest BCUT2D eigenvalue weighted by atomic mass is 9.80. The summed E-state index contributed by atoms with van der Waals surface area (Å²) < 4.78 is 5.17. The summed E-state index contributed by atoms with van der Waals surface area (Å²) in [5.41, 5.74) is 3.88. The fraction of sp³-hybridized carbons (Fsp3) is 0.367. The number of methoxy groups -OCH3 is 1. The highest BCUT2D eigenvalue weighted by molar-refractivity contribution is 5.70. The molecule has 4 atom stereocenters. The van der Waals surface area contributed by atoms with Crippen LogP contribution in [0.3, 0.4) is 0 Å². The summed E-state index contributed by atoms with van der Waals surface area (Å²) in [5.74, 6) is -0.137. The van der Waals surface area contributed by atoms with Gasteiger partial charge in [-0.1, -0.05) is 91.0 Å². The number of hydrogen-bond donors (Lipinski definition) is 0. The Morgan fingerprint density at radius 2 is 1.26 bits per heavy atom. The van der Waals surface area contributed by atoms with Crippen molar-refractivity contribution in [3.63, 3.8) is 0 Å². The molecule has 0 bridgehead atoms. The van der Waals surface area contributed by atoms with E-state index in [-0.39, 0.29) is 18.1 Å². The molecule has 0 saturated carbocycles. The van der Waals surface area contributed by atoms with Gasteiger partial charge in [0.25, 0.3) is 0 Å². The summed E-state index contributed by atoms with van der Waals surface area (Å²) in [6.07, 6.45) is 1.48. The molecule has 182 valence electrons. The molecule has 3 aromatic rings. The van der Waals surface area contributed by atoms with E-state index in [2.05, 4.69) is 113 Å². The second kappa shape index (κ2) is 10.7. The van der Waals surface area contributed by atoms with Gasteiger partial charge in [0.05, 0.1) is 19.6 Å². The average molecular weight is 470 g/mol. The molecule has 2 aliphatic rings. The number of fused-ring (bicyclic) bond motifs is 1. The highest BCUT2D eigenvalue weighted by atomic mass is 16.5. The van der Waals surface area contributed by atoms with Gasteiger partial charge in [0.1, 0.15) is 0 Å². The first-order valence-corrected chi connectivity index (χ1v) is 12.6. The molecule has 0 spiro atoms. The molecule has 5 nitrogen and oxygen atoms in total. The van der Waals surface area contributed by atoms with Gasteiger partial charge in [-0.15, -0.1) is 0 Å². The average Bonchev–Trinajstić information content (AvgIpc) is 2.90. The second-order valence-electron chi connectivity index (χ2n) is 9.81. The Morgan fingerprint density at radius 3 is 1.77 bits per heavy atom. The number of carbonyl (C=O) groups is 1. The predicted molar refractivity (Wildman–Crippen MR) is 138 cm³/mol. The maximum atomic E-state index is 12.6. The van der Waals surface area contributed by atoms with Gasteiger partial charge in [0.2, 0.25) is 0 Å². The van der Waals surface area contributed by atoms with Crippen LogP contribution < -0.4 is 0 Å². The summed E-state index contributed by atoms with van der Waals surface area (Å²) in [6.45, 7) is 4.86. The highest BCUT2D eigenvalue weighted by Gasteiger charge is 2.56. The standard InChI is InChI=1S/C30H35N3O2/c1-23-18-28-30(27(19-29(34)35-2)31(23)20-24-12-6-3-7-13-24)33(22-26-16-10-5-11-17-26)32(28)21-25-14-8-4-9-15-25/h3-17,23,27-28,30H,18-22H2,1-2H3/t23-,27+,28-,30+/m0/s1. The number of hydrogen-bond acceptors (Lipinski definition) is 5. The minimum absolute atomic E-state index is 0.0899. The van der Waals surface area contributed by atoms with Crippen molar-refractivity contribution in [2.24, 2.45) is 0 Å². The molecule has 5 rings (SSSR count). The van der Waals surface area contributed by atoms with E-state index in [1.54, 1.807) is 0 Å². The molecule has 0 N–H and O–H groups in total. The van der Waals surface area contributed by atoms with E-state index in [0.29, 0.717) is 18.5 Å². The molecule has 0 unspecified atom stereocenters. The Bertz CT molecular complexity index is 1090. The molecule has 5 heteroatoms. The van der Waals surface area contributed by atoms with Gasteiger partial charge < -0.3 is 4.74 Å². The highest BCUT2D eigenvalue weighted by Crippen LogP contribution is 2.43. The molecule has 0 radical (unpaired) electrons. The minimum Gasteiger partial charge on any atom is -0.469 e. The van der Waals surface area contributed by atoms with Crippen molar-refractivity contribution >= 4 is 5.97 Å². The molecule has 2 fully saturated rings. The first-order valence-electron chi connectivity index (χ1n) is 12.6. The monoisotopic (exact) mass is 469 g/mol. The van der Waals surface area contributed by atoms with E-state index in [4.69, 9.17) is 4.74 Å². The number of carbonyl (C=O) groups excluding carboxylic acids is 1. The third-order valence-electron chi connectivity index (χ3n) is 7.61. The summed E-state index contributed by atoms with van der Waals surface area (Å²) in [7, 11) is 1.50. The number of hydrazine groups is 1. The third-order valence-corrected chi connectivity index (χ3v) is 7.61. The van der Waals surface area contributed by atoms with Crippen molar-refractivity contribution in [1.82, 2.24) is 14.9 Å². The van der Waals surface area contributed by atoms with Crippen molar-refractivity contribution in [2.45, 2.75) is 63.6 Å². The summed E-state index contributed by atoms with van der Waals surface area (Å²) in [5, 5.41) is 5.04. The second-order valence-corrected chi connectivity index (χ2v) is 9.81. The minimum atomic E-state index is -0.137. The number of rotatable bonds is 8. The lowest BCUT2D eigenvalue weighted by molar-refractivity contribution is -0.267. The van der Waals surface area contributed by atoms with Gasteiger partial charge in [0.15, 0.2) is 0 Å². The van der Waals surface area contributed by atoms with Crippen LogP contribution in [-0.2, 0) is 29.2 Å². The van der Waals surface area contributed by atoms with Crippen molar-refractivity contribution in [2.75, 3.05) is 7.11 Å². The fourth-order valence-electron chi connectivity index (χ4n) is 5.90. The molecule has 2 saturated heterocycles. The Labute approximate surface area is 208 Å². The van der Waals surface area contributed by atoms with E-state index >= 15 is 0 Å². The molecule has 0 aliphatic carbocycles. The molecule has 2 aliphatic heterocycles. The van der Waals surface area contributed by atoms with Gasteiger partial charge in [-0.2, -0.15) is 0 Å². The Kier molecular flexibility index (Phi) is 7.28. The van der Waals surface area contributed by atoms with Crippen LogP contribution in [0.25, 0.3) is 0 Å². The van der Waals surface area contributed by atoms with E-state index < -0.39 is 0 Å². The largest absolute Gasteiger partial charge is 0.469 e. The predicted octanol–water partition coefficient (Wildman–Crippen LogP) is 4.88. The third kappa shape index (κ3) is 5.18. The zero-order chi connectivity index (χ0) is 24.2. The molecule has 0 aromatic heterocycles. The van der Waals surface area contributed by atoms with Gasteiger partial charge in [-0.25, -0.2) is 10.0 Å². The maximum absolute atomic E-state index is 12.6. The van der Waals surface area contributed by atoms with Crippen molar-refractivity contribution < 1.29 is 9.53 Å². The quantitative estimate of drug-likeness (QED) is 0.440. The maximum Gasteiger partial charge on any atom is 0.307 e.